The number of ether oxygens (including phenoxy) is 1. The third kappa shape index (κ3) is 2.76. The van der Waals surface area contributed by atoms with E-state index in [1.165, 1.54) is 25.7 Å². The summed E-state index contributed by atoms with van der Waals surface area (Å²) in [7, 11) is 1.80. The number of hydrogen-bond donors (Lipinski definition) is 1. The van der Waals surface area contributed by atoms with E-state index < -0.39 is 0 Å². The largest absolute Gasteiger partial charge is 0.381 e. The molecule has 0 aromatic rings. The highest BCUT2D eigenvalue weighted by Crippen LogP contribution is 2.23. The molecule has 2 nitrogen and oxygen atoms in total. The molecule has 0 aromatic heterocycles. The number of hydrogen-bond acceptors (Lipinski definition) is 2. The Hall–Kier alpha value is -0.0800. The van der Waals surface area contributed by atoms with Crippen LogP contribution < -0.4 is 5.32 Å². The zero-order chi connectivity index (χ0) is 8.97. The first kappa shape index (κ1) is 10.0. The quantitative estimate of drug-likeness (QED) is 0.682. The molecule has 1 N–H and O–H groups in total. The monoisotopic (exact) mass is 171 g/mol. The van der Waals surface area contributed by atoms with Crippen molar-refractivity contribution in [3.8, 4) is 0 Å². The standard InChI is InChI=1S/C10H21NO/c1-4-5-8(2)11-9-6-10(7-9)12-3/h8-11H,4-7H2,1-3H3. The van der Waals surface area contributed by atoms with E-state index in [-0.39, 0.29) is 0 Å². The Morgan fingerprint density at radius 3 is 2.67 bits per heavy atom. The van der Waals surface area contributed by atoms with E-state index in [0.717, 1.165) is 6.04 Å². The van der Waals surface area contributed by atoms with Crippen molar-refractivity contribution in [1.29, 1.82) is 0 Å². The third-order valence-corrected chi connectivity index (χ3v) is 2.67. The van der Waals surface area contributed by atoms with E-state index in [1.54, 1.807) is 7.11 Å². The molecule has 0 radical (unpaired) electrons. The number of methoxy groups -OCH3 is 1. The topological polar surface area (TPSA) is 21.3 Å². The molecule has 0 amide bonds. The van der Waals surface area contributed by atoms with Gasteiger partial charge in [0.15, 0.2) is 0 Å². The van der Waals surface area contributed by atoms with Crippen LogP contribution in [0.4, 0.5) is 0 Å². The lowest BCUT2D eigenvalue weighted by atomic mass is 9.88. The van der Waals surface area contributed by atoms with Crippen LogP contribution in [-0.2, 0) is 4.74 Å². The highest BCUT2D eigenvalue weighted by atomic mass is 16.5. The summed E-state index contributed by atoms with van der Waals surface area (Å²) in [4.78, 5) is 0. The Morgan fingerprint density at radius 1 is 1.50 bits per heavy atom. The molecule has 2 heteroatoms. The Morgan fingerprint density at radius 2 is 2.17 bits per heavy atom. The third-order valence-electron chi connectivity index (χ3n) is 2.67. The molecule has 72 valence electrons. The van der Waals surface area contributed by atoms with Gasteiger partial charge in [-0.2, -0.15) is 0 Å². The van der Waals surface area contributed by atoms with Crippen LogP contribution in [-0.4, -0.2) is 25.3 Å². The van der Waals surface area contributed by atoms with Gasteiger partial charge in [-0.3, -0.25) is 0 Å². The molecule has 0 saturated heterocycles. The van der Waals surface area contributed by atoms with Gasteiger partial charge in [0.05, 0.1) is 6.10 Å². The van der Waals surface area contributed by atoms with Crippen LogP contribution in [0, 0.1) is 0 Å². The Bertz CT molecular complexity index is 121. The molecule has 12 heavy (non-hydrogen) atoms. The van der Waals surface area contributed by atoms with Gasteiger partial charge >= 0.3 is 0 Å². The maximum Gasteiger partial charge on any atom is 0.0601 e. The van der Waals surface area contributed by atoms with Crippen LogP contribution in [0.1, 0.15) is 39.5 Å². The molecule has 1 rings (SSSR count). The summed E-state index contributed by atoms with van der Waals surface area (Å²) < 4.78 is 5.22. The molecule has 0 aliphatic heterocycles. The second-order valence-electron chi connectivity index (χ2n) is 3.88. The van der Waals surface area contributed by atoms with Gasteiger partial charge in [0.2, 0.25) is 0 Å². The maximum atomic E-state index is 5.22. The lowest BCUT2D eigenvalue weighted by molar-refractivity contribution is 0.0145. The normalized spacial score (nSPS) is 31.2. The fourth-order valence-electron chi connectivity index (χ4n) is 1.81. The lowest BCUT2D eigenvalue weighted by Gasteiger charge is -2.36. The number of rotatable bonds is 5. The van der Waals surface area contributed by atoms with Crippen molar-refractivity contribution in [1.82, 2.24) is 5.32 Å². The molecule has 1 aliphatic carbocycles. The van der Waals surface area contributed by atoms with E-state index in [9.17, 15) is 0 Å². The van der Waals surface area contributed by atoms with Gasteiger partial charge in [0.1, 0.15) is 0 Å². The molecule has 0 spiro atoms. The molecular formula is C10H21NO. The van der Waals surface area contributed by atoms with Gasteiger partial charge in [0.25, 0.3) is 0 Å². The molecule has 0 aromatic carbocycles. The van der Waals surface area contributed by atoms with Gasteiger partial charge in [0, 0.05) is 19.2 Å². The average molecular weight is 171 g/mol. The van der Waals surface area contributed by atoms with E-state index in [0.29, 0.717) is 12.1 Å². The zero-order valence-electron chi connectivity index (χ0n) is 8.47. The van der Waals surface area contributed by atoms with Gasteiger partial charge in [-0.05, 0) is 26.2 Å². The van der Waals surface area contributed by atoms with Crippen molar-refractivity contribution in [3.63, 3.8) is 0 Å². The SMILES string of the molecule is CCCC(C)NC1CC(OC)C1. The minimum Gasteiger partial charge on any atom is -0.381 e. The summed E-state index contributed by atoms with van der Waals surface area (Å²) in [6.45, 7) is 4.50. The average Bonchev–Trinajstić information content (AvgIpc) is 1.96. The summed E-state index contributed by atoms with van der Waals surface area (Å²) in [5.41, 5.74) is 0. The second-order valence-corrected chi connectivity index (χ2v) is 3.88. The first-order valence-corrected chi connectivity index (χ1v) is 5.05. The van der Waals surface area contributed by atoms with Gasteiger partial charge in [-0.25, -0.2) is 0 Å². The molecule has 1 saturated carbocycles. The Labute approximate surface area is 75.7 Å². The van der Waals surface area contributed by atoms with Crippen LogP contribution >= 0.6 is 0 Å². The second kappa shape index (κ2) is 4.83. The van der Waals surface area contributed by atoms with Crippen LogP contribution in [0.3, 0.4) is 0 Å². The van der Waals surface area contributed by atoms with Gasteiger partial charge < -0.3 is 10.1 Å². The van der Waals surface area contributed by atoms with E-state index in [1.807, 2.05) is 0 Å². The summed E-state index contributed by atoms with van der Waals surface area (Å²) in [5.74, 6) is 0. The van der Waals surface area contributed by atoms with Crippen molar-refractivity contribution in [2.45, 2.75) is 57.7 Å². The zero-order valence-corrected chi connectivity index (χ0v) is 8.47. The molecule has 0 bridgehead atoms. The fourth-order valence-corrected chi connectivity index (χ4v) is 1.81. The van der Waals surface area contributed by atoms with Crippen molar-refractivity contribution >= 4 is 0 Å². The van der Waals surface area contributed by atoms with Crippen LogP contribution in [0.25, 0.3) is 0 Å². The van der Waals surface area contributed by atoms with Crippen LogP contribution in [0.2, 0.25) is 0 Å². The minimum absolute atomic E-state index is 0.524. The minimum atomic E-state index is 0.524. The smallest absolute Gasteiger partial charge is 0.0601 e. The summed E-state index contributed by atoms with van der Waals surface area (Å²) >= 11 is 0. The molecule has 1 fully saturated rings. The van der Waals surface area contributed by atoms with Crippen molar-refractivity contribution in [2.24, 2.45) is 0 Å². The Balaban J connectivity index is 2.02. The lowest BCUT2D eigenvalue weighted by Crippen LogP contribution is -2.48. The molecular weight excluding hydrogens is 150 g/mol. The highest BCUT2D eigenvalue weighted by molar-refractivity contribution is 4.87. The van der Waals surface area contributed by atoms with Crippen molar-refractivity contribution in [3.05, 3.63) is 0 Å². The van der Waals surface area contributed by atoms with Gasteiger partial charge in [-0.15, -0.1) is 0 Å². The predicted octanol–water partition coefficient (Wildman–Crippen LogP) is 1.94. The maximum absolute atomic E-state index is 5.22. The highest BCUT2D eigenvalue weighted by Gasteiger charge is 2.29. The molecule has 1 aliphatic rings. The van der Waals surface area contributed by atoms with Crippen molar-refractivity contribution < 1.29 is 4.74 Å². The summed E-state index contributed by atoms with van der Waals surface area (Å²) in [6, 6.07) is 1.40. The molecule has 1 unspecified atom stereocenters. The summed E-state index contributed by atoms with van der Waals surface area (Å²) in [6.07, 6.45) is 5.48. The first-order chi connectivity index (χ1) is 5.76. The molecule has 0 heterocycles. The van der Waals surface area contributed by atoms with Crippen LogP contribution in [0.15, 0.2) is 0 Å². The first-order valence-electron chi connectivity index (χ1n) is 5.05. The predicted molar refractivity (Wildman–Crippen MR) is 51.3 cm³/mol. The fraction of sp³-hybridized carbons (Fsp3) is 1.00. The Kier molecular flexibility index (Phi) is 4.02. The molecule has 1 atom stereocenters. The number of nitrogens with one attached hydrogen (secondary N) is 1. The van der Waals surface area contributed by atoms with Crippen molar-refractivity contribution in [2.75, 3.05) is 7.11 Å². The van der Waals surface area contributed by atoms with E-state index in [4.69, 9.17) is 4.74 Å². The van der Waals surface area contributed by atoms with E-state index >= 15 is 0 Å². The van der Waals surface area contributed by atoms with E-state index in [2.05, 4.69) is 19.2 Å². The van der Waals surface area contributed by atoms with Crippen LogP contribution in [0.5, 0.6) is 0 Å². The van der Waals surface area contributed by atoms with Gasteiger partial charge in [-0.1, -0.05) is 13.3 Å². The summed E-state index contributed by atoms with van der Waals surface area (Å²) in [5, 5.41) is 3.60.